The molecule has 0 aliphatic carbocycles. The third kappa shape index (κ3) is 1.72. The van der Waals surface area contributed by atoms with E-state index in [1.807, 2.05) is 0 Å². The second-order valence-electron chi connectivity index (χ2n) is 4.02. The Kier molecular flexibility index (Phi) is 2.45. The third-order valence-electron chi connectivity index (χ3n) is 2.83. The van der Waals surface area contributed by atoms with Crippen LogP contribution in [-0.2, 0) is 0 Å². The Morgan fingerprint density at radius 1 is 1.05 bits per heavy atom. The van der Waals surface area contributed by atoms with Crippen molar-refractivity contribution in [3.05, 3.63) is 54.0 Å². The average molecular weight is 263 g/mol. The van der Waals surface area contributed by atoms with Gasteiger partial charge in [0.2, 0.25) is 0 Å². The first kappa shape index (κ1) is 11.6. The molecule has 0 bridgehead atoms. The van der Waals surface area contributed by atoms with Crippen LogP contribution in [0.3, 0.4) is 0 Å². The minimum atomic E-state index is -1.03. The first-order valence-corrected chi connectivity index (χ1v) is 5.45. The van der Waals surface area contributed by atoms with E-state index in [-0.39, 0.29) is 17.1 Å². The van der Waals surface area contributed by atoms with Crippen LogP contribution in [0.15, 0.2) is 36.5 Å². The average Bonchev–Trinajstić information content (AvgIpc) is 2.70. The molecule has 0 amide bonds. The lowest BCUT2D eigenvalue weighted by Crippen LogP contribution is -1.96. The number of nitrogens with zero attached hydrogens (tertiary/aromatic N) is 2. The predicted molar refractivity (Wildman–Crippen MR) is 64.9 cm³/mol. The van der Waals surface area contributed by atoms with E-state index in [0.29, 0.717) is 5.65 Å². The van der Waals surface area contributed by atoms with E-state index in [9.17, 15) is 13.2 Å². The molecule has 0 fully saturated rings. The van der Waals surface area contributed by atoms with Crippen LogP contribution in [0.4, 0.5) is 19.0 Å². The monoisotopic (exact) mass is 263 g/mol. The lowest BCUT2D eigenvalue weighted by atomic mass is 10.1. The van der Waals surface area contributed by atoms with Crippen LogP contribution < -0.4 is 5.73 Å². The SMILES string of the molecule is Nc1c(-c2cccc(F)c2F)nc2ccc(F)cn12. The highest BCUT2D eigenvalue weighted by Crippen LogP contribution is 2.29. The molecular formula is C13H8F3N3. The van der Waals surface area contributed by atoms with E-state index in [1.165, 1.54) is 28.7 Å². The standard InChI is InChI=1S/C13H8F3N3/c14-7-4-5-10-18-12(13(17)19(10)6-7)8-2-1-3-9(15)11(8)16/h1-6H,17H2. The summed E-state index contributed by atoms with van der Waals surface area (Å²) in [5.74, 6) is -2.46. The van der Waals surface area contributed by atoms with Gasteiger partial charge >= 0.3 is 0 Å². The van der Waals surface area contributed by atoms with E-state index in [2.05, 4.69) is 4.98 Å². The zero-order valence-corrected chi connectivity index (χ0v) is 9.57. The van der Waals surface area contributed by atoms with Gasteiger partial charge in [0.1, 0.15) is 23.0 Å². The normalized spacial score (nSPS) is 11.1. The van der Waals surface area contributed by atoms with Gasteiger partial charge in [-0.1, -0.05) is 6.07 Å². The number of anilines is 1. The second-order valence-corrected chi connectivity index (χ2v) is 4.02. The maximum atomic E-state index is 13.7. The van der Waals surface area contributed by atoms with Gasteiger partial charge in [-0.3, -0.25) is 4.40 Å². The van der Waals surface area contributed by atoms with Gasteiger partial charge in [-0.2, -0.15) is 0 Å². The Labute approximate surface area is 106 Å². The van der Waals surface area contributed by atoms with Crippen LogP contribution in [0.5, 0.6) is 0 Å². The Balaban J connectivity index is 2.31. The fraction of sp³-hybridized carbons (Fsp3) is 0. The van der Waals surface area contributed by atoms with Crippen LogP contribution in [0.1, 0.15) is 0 Å². The van der Waals surface area contributed by atoms with Gasteiger partial charge in [0.15, 0.2) is 11.6 Å². The first-order chi connectivity index (χ1) is 9.08. The molecule has 0 aliphatic heterocycles. The highest BCUT2D eigenvalue weighted by molar-refractivity contribution is 5.75. The molecule has 3 aromatic rings. The van der Waals surface area contributed by atoms with Gasteiger partial charge in [-0.05, 0) is 24.3 Å². The summed E-state index contributed by atoms with van der Waals surface area (Å²) < 4.78 is 41.3. The van der Waals surface area contributed by atoms with Crippen LogP contribution in [0.25, 0.3) is 16.9 Å². The number of halogens is 3. The van der Waals surface area contributed by atoms with Crippen molar-refractivity contribution in [2.45, 2.75) is 0 Å². The van der Waals surface area contributed by atoms with Crippen molar-refractivity contribution in [1.29, 1.82) is 0 Å². The fourth-order valence-corrected chi connectivity index (χ4v) is 1.92. The number of rotatable bonds is 1. The van der Waals surface area contributed by atoms with Gasteiger partial charge in [0, 0.05) is 11.8 Å². The molecule has 2 heterocycles. The maximum Gasteiger partial charge on any atom is 0.168 e. The number of benzene rings is 1. The summed E-state index contributed by atoms with van der Waals surface area (Å²) in [6.07, 6.45) is 1.14. The van der Waals surface area contributed by atoms with Crippen LogP contribution in [0, 0.1) is 17.5 Å². The number of aromatic nitrogens is 2. The lowest BCUT2D eigenvalue weighted by molar-refractivity contribution is 0.511. The largest absolute Gasteiger partial charge is 0.383 e. The molecule has 6 heteroatoms. The summed E-state index contributed by atoms with van der Waals surface area (Å²) in [5, 5.41) is 0. The van der Waals surface area contributed by atoms with Crippen molar-refractivity contribution >= 4 is 11.5 Å². The van der Waals surface area contributed by atoms with Crippen LogP contribution >= 0.6 is 0 Å². The number of hydrogen-bond acceptors (Lipinski definition) is 2. The number of nitrogens with two attached hydrogens (primary N) is 1. The van der Waals surface area contributed by atoms with Crippen molar-refractivity contribution < 1.29 is 13.2 Å². The van der Waals surface area contributed by atoms with E-state index in [4.69, 9.17) is 5.73 Å². The summed E-state index contributed by atoms with van der Waals surface area (Å²) in [6.45, 7) is 0. The summed E-state index contributed by atoms with van der Waals surface area (Å²) in [6, 6.07) is 6.36. The number of nitrogen functional groups attached to an aromatic ring is 1. The van der Waals surface area contributed by atoms with Gasteiger partial charge in [0.05, 0.1) is 0 Å². The molecule has 19 heavy (non-hydrogen) atoms. The van der Waals surface area contributed by atoms with E-state index >= 15 is 0 Å². The van der Waals surface area contributed by atoms with Gasteiger partial charge < -0.3 is 5.73 Å². The van der Waals surface area contributed by atoms with Gasteiger partial charge in [-0.15, -0.1) is 0 Å². The number of fused-ring (bicyclic) bond motifs is 1. The molecule has 3 rings (SSSR count). The molecule has 0 aliphatic rings. The third-order valence-corrected chi connectivity index (χ3v) is 2.83. The molecule has 0 saturated carbocycles. The minimum Gasteiger partial charge on any atom is -0.383 e. The molecule has 0 radical (unpaired) electrons. The molecule has 2 aromatic heterocycles. The Hall–Kier alpha value is -2.50. The topological polar surface area (TPSA) is 43.3 Å². The summed E-state index contributed by atoms with van der Waals surface area (Å²) in [4.78, 5) is 4.09. The van der Waals surface area contributed by atoms with Crippen LogP contribution in [0.2, 0.25) is 0 Å². The quantitative estimate of drug-likeness (QED) is 0.733. The minimum absolute atomic E-state index is 0.0541. The summed E-state index contributed by atoms with van der Waals surface area (Å²) in [5.41, 5.74) is 6.19. The number of imidazole rings is 1. The van der Waals surface area contributed by atoms with E-state index in [1.54, 1.807) is 0 Å². The Bertz CT molecular complexity index is 780. The molecule has 0 spiro atoms. The van der Waals surface area contributed by atoms with Crippen molar-refractivity contribution in [2.24, 2.45) is 0 Å². The zero-order chi connectivity index (χ0) is 13.6. The number of pyridine rings is 1. The van der Waals surface area contributed by atoms with Gasteiger partial charge in [0.25, 0.3) is 0 Å². The molecular weight excluding hydrogens is 255 g/mol. The zero-order valence-electron chi connectivity index (χ0n) is 9.57. The van der Waals surface area contributed by atoms with Crippen molar-refractivity contribution in [3.63, 3.8) is 0 Å². The summed E-state index contributed by atoms with van der Waals surface area (Å²) >= 11 is 0. The highest BCUT2D eigenvalue weighted by atomic mass is 19.2. The van der Waals surface area contributed by atoms with Crippen LogP contribution in [-0.4, -0.2) is 9.38 Å². The first-order valence-electron chi connectivity index (χ1n) is 5.45. The molecule has 96 valence electrons. The highest BCUT2D eigenvalue weighted by Gasteiger charge is 2.17. The Morgan fingerprint density at radius 3 is 2.63 bits per heavy atom. The molecule has 0 saturated heterocycles. The molecule has 2 N–H and O–H groups in total. The summed E-state index contributed by atoms with van der Waals surface area (Å²) in [7, 11) is 0. The van der Waals surface area contributed by atoms with E-state index in [0.717, 1.165) is 12.3 Å². The molecule has 0 unspecified atom stereocenters. The molecule has 0 atom stereocenters. The molecule has 3 nitrogen and oxygen atoms in total. The lowest BCUT2D eigenvalue weighted by Gasteiger charge is -2.01. The van der Waals surface area contributed by atoms with Crippen molar-refractivity contribution in [3.8, 4) is 11.3 Å². The predicted octanol–water partition coefficient (Wildman–Crippen LogP) is 3.00. The van der Waals surface area contributed by atoms with Gasteiger partial charge in [-0.25, -0.2) is 18.2 Å². The second kappa shape index (κ2) is 4.01. The smallest absolute Gasteiger partial charge is 0.168 e. The Morgan fingerprint density at radius 2 is 1.84 bits per heavy atom. The van der Waals surface area contributed by atoms with Crippen molar-refractivity contribution in [2.75, 3.05) is 5.73 Å². The fourth-order valence-electron chi connectivity index (χ4n) is 1.92. The molecule has 1 aromatic carbocycles. The van der Waals surface area contributed by atoms with Crippen molar-refractivity contribution in [1.82, 2.24) is 9.38 Å². The van der Waals surface area contributed by atoms with E-state index < -0.39 is 17.5 Å². The maximum absolute atomic E-state index is 13.7. The number of hydrogen-bond donors (Lipinski definition) is 1.